The number of aryl methyl sites for hydroxylation is 2. The number of fused-ring (bicyclic) bond motifs is 9. The maximum atomic E-state index is 13.4. The van der Waals surface area contributed by atoms with Crippen LogP contribution in [0, 0.1) is 25.2 Å². The van der Waals surface area contributed by atoms with Crippen LogP contribution in [-0.4, -0.2) is 87.2 Å². The first-order chi connectivity index (χ1) is 25.7. The number of hydrogen-bond acceptors (Lipinski definition) is 12. The van der Waals surface area contributed by atoms with Crippen LogP contribution in [0.1, 0.15) is 63.9 Å². The smallest absolute Gasteiger partial charge is 0.312 e. The third-order valence-electron chi connectivity index (χ3n) is 10.9. The lowest BCUT2D eigenvalue weighted by molar-refractivity contribution is -0.149. The molecule has 0 aromatic heterocycles. The number of rotatable bonds is 12. The number of nitriles is 1. The summed E-state index contributed by atoms with van der Waals surface area (Å²) in [5.41, 5.74) is 5.98. The second-order valence-corrected chi connectivity index (χ2v) is 14.2. The molecule has 1 unspecified atom stereocenters. The Morgan fingerprint density at radius 3 is 2.47 bits per heavy atom. The Morgan fingerprint density at radius 1 is 0.981 bits per heavy atom. The highest BCUT2D eigenvalue weighted by Crippen LogP contribution is 2.58. The van der Waals surface area contributed by atoms with Crippen molar-refractivity contribution in [1.29, 1.82) is 5.26 Å². The molecule has 5 atom stereocenters. The van der Waals surface area contributed by atoms with Crippen molar-refractivity contribution in [2.24, 2.45) is 0 Å². The van der Waals surface area contributed by atoms with Crippen LogP contribution < -0.4 is 23.7 Å². The van der Waals surface area contributed by atoms with E-state index >= 15 is 0 Å². The van der Waals surface area contributed by atoms with E-state index in [0.29, 0.717) is 59.1 Å². The van der Waals surface area contributed by atoms with Gasteiger partial charge >= 0.3 is 11.9 Å². The fraction of sp³-hybridized carbons (Fsp3) is 0.475. The number of hydrogen-bond donors (Lipinski definition) is 0. The molecular weight excluding hydrogens is 702 g/mol. The molecule has 0 saturated carbocycles. The highest BCUT2D eigenvalue weighted by atomic mass is 35.5. The zero-order valence-corrected chi connectivity index (χ0v) is 31.4. The number of esters is 2. The molecule has 2 bridgehead atoms. The van der Waals surface area contributed by atoms with Crippen LogP contribution in [-0.2, 0) is 38.3 Å². The number of benzene rings is 3. The quantitative estimate of drug-likeness (QED) is 0.100. The average molecular weight is 746 g/mol. The average Bonchev–Trinajstić information content (AvgIpc) is 3.65. The fourth-order valence-corrected chi connectivity index (χ4v) is 8.90. The van der Waals surface area contributed by atoms with Gasteiger partial charge in [0.15, 0.2) is 29.8 Å². The predicted octanol–water partition coefficient (Wildman–Crippen LogP) is 5.51. The van der Waals surface area contributed by atoms with E-state index in [0.717, 1.165) is 27.8 Å². The normalized spacial score (nSPS) is 22.5. The summed E-state index contributed by atoms with van der Waals surface area (Å²) in [4.78, 5) is 30.9. The zero-order chi connectivity index (χ0) is 37.4. The van der Waals surface area contributed by atoms with Crippen LogP contribution in [0.25, 0.3) is 0 Å². The third-order valence-corrected chi connectivity index (χ3v) is 11.1. The maximum absolute atomic E-state index is 13.4. The summed E-state index contributed by atoms with van der Waals surface area (Å²) in [6.07, 6.45) is 1.66. The van der Waals surface area contributed by atoms with E-state index in [-0.39, 0.29) is 63.0 Å². The summed E-state index contributed by atoms with van der Waals surface area (Å²) in [6, 6.07) is 12.4. The van der Waals surface area contributed by atoms with Gasteiger partial charge in [-0.3, -0.25) is 19.4 Å². The topological polar surface area (TPSA) is 129 Å². The largest absolute Gasteiger partial charge is 0.493 e. The standard InChI is InChI=1S/C40H44ClN3O9/c1-22-15-25-16-27-29(18-42)44-28(35(43(27)3)33(25)39(36(22)48-5)50-20-47-4)17-26-34(30(44)19-49-31(45)12-11-24-9-7-6-8-10-24)40-38(51-21-52-40)23(2)37(26)53-32(46)13-14-41/h6-10,15,27-30,35H,11-14,16-17,19-21H2,1-5H3/t27-,28?,29+,30+,35+/m1/s1. The van der Waals surface area contributed by atoms with Gasteiger partial charge in [0.25, 0.3) is 0 Å². The van der Waals surface area contributed by atoms with Gasteiger partial charge < -0.3 is 33.2 Å². The molecule has 4 aliphatic rings. The molecule has 0 spiro atoms. The number of methoxy groups -OCH3 is 2. The molecule has 0 amide bonds. The summed E-state index contributed by atoms with van der Waals surface area (Å²) in [5, 5.41) is 11.0. The van der Waals surface area contributed by atoms with Gasteiger partial charge in [-0.15, -0.1) is 11.6 Å². The Morgan fingerprint density at radius 2 is 1.75 bits per heavy atom. The van der Waals surface area contributed by atoms with Gasteiger partial charge in [-0.05, 0) is 56.8 Å². The molecule has 12 nitrogen and oxygen atoms in total. The summed E-state index contributed by atoms with van der Waals surface area (Å²) in [5.74, 6) is 1.77. The van der Waals surface area contributed by atoms with Gasteiger partial charge in [-0.2, -0.15) is 5.26 Å². The molecule has 3 aromatic carbocycles. The third kappa shape index (κ3) is 6.54. The molecule has 7 rings (SSSR count). The van der Waals surface area contributed by atoms with Crippen molar-refractivity contribution in [2.45, 2.75) is 76.2 Å². The molecule has 280 valence electrons. The van der Waals surface area contributed by atoms with E-state index in [1.54, 1.807) is 14.2 Å². The Labute approximate surface area is 314 Å². The van der Waals surface area contributed by atoms with Crippen LogP contribution in [0.3, 0.4) is 0 Å². The first kappa shape index (κ1) is 36.8. The SMILES string of the molecule is COCOc1c(OC)c(C)cc2c1[C@@H]1C3Cc4c(OC(=O)CCCl)c(C)c5c(c4[C@H](COC(=O)CCc4ccccc4)N3[C@@H](C#N)[C@@H](C2)N1C)OCO5. The summed E-state index contributed by atoms with van der Waals surface area (Å²) < 4.78 is 41.9. The van der Waals surface area contributed by atoms with Crippen LogP contribution in [0.2, 0.25) is 0 Å². The van der Waals surface area contributed by atoms with Crippen LogP contribution in [0.5, 0.6) is 28.7 Å². The highest BCUT2D eigenvalue weighted by Gasteiger charge is 2.57. The van der Waals surface area contributed by atoms with E-state index < -0.39 is 18.1 Å². The second kappa shape index (κ2) is 15.4. The molecule has 0 N–H and O–H groups in total. The van der Waals surface area contributed by atoms with Crippen LogP contribution in [0.15, 0.2) is 36.4 Å². The molecule has 13 heteroatoms. The van der Waals surface area contributed by atoms with Gasteiger partial charge in [-0.1, -0.05) is 36.4 Å². The lowest BCUT2D eigenvalue weighted by Crippen LogP contribution is -2.68. The lowest BCUT2D eigenvalue weighted by atomic mass is 9.71. The first-order valence-electron chi connectivity index (χ1n) is 17.8. The van der Waals surface area contributed by atoms with Crippen molar-refractivity contribution in [3.05, 3.63) is 75.3 Å². The number of halogens is 1. The van der Waals surface area contributed by atoms with Crippen molar-refractivity contribution in [3.8, 4) is 34.8 Å². The zero-order valence-electron chi connectivity index (χ0n) is 30.6. The number of alkyl halides is 1. The molecule has 4 heterocycles. The molecule has 0 aliphatic carbocycles. The number of piperazine rings is 1. The van der Waals surface area contributed by atoms with E-state index in [4.69, 9.17) is 44.8 Å². The summed E-state index contributed by atoms with van der Waals surface area (Å²) >= 11 is 5.96. The van der Waals surface area contributed by atoms with Crippen LogP contribution >= 0.6 is 11.6 Å². The molecule has 1 fully saturated rings. The number of ether oxygens (including phenoxy) is 7. The Hall–Kier alpha value is -4.54. The number of likely N-dealkylation sites (N-methyl/N-ethyl adjacent to an activating group) is 1. The van der Waals surface area contributed by atoms with Gasteiger partial charge in [0, 0.05) is 53.7 Å². The minimum absolute atomic E-state index is 0.00898. The second-order valence-electron chi connectivity index (χ2n) is 13.9. The number of carbonyl (C=O) groups is 2. The van der Waals surface area contributed by atoms with Crippen molar-refractivity contribution in [2.75, 3.05) is 47.3 Å². The fourth-order valence-electron chi connectivity index (χ4n) is 8.74. The van der Waals surface area contributed by atoms with Gasteiger partial charge in [-0.25, -0.2) is 0 Å². The summed E-state index contributed by atoms with van der Waals surface area (Å²) in [6.45, 7) is 3.73. The highest BCUT2D eigenvalue weighted by molar-refractivity contribution is 6.18. The monoisotopic (exact) mass is 745 g/mol. The van der Waals surface area contributed by atoms with Crippen molar-refractivity contribution < 1.29 is 42.7 Å². The van der Waals surface area contributed by atoms with E-state index in [9.17, 15) is 14.9 Å². The van der Waals surface area contributed by atoms with Crippen LogP contribution in [0.4, 0.5) is 0 Å². The summed E-state index contributed by atoms with van der Waals surface area (Å²) in [7, 11) is 5.22. The van der Waals surface area contributed by atoms with Gasteiger partial charge in [0.1, 0.15) is 18.4 Å². The Bertz CT molecular complexity index is 1930. The molecular formula is C40H44ClN3O9. The van der Waals surface area contributed by atoms with E-state index in [2.05, 4.69) is 21.9 Å². The van der Waals surface area contributed by atoms with Crippen molar-refractivity contribution in [3.63, 3.8) is 0 Å². The number of carbonyl (C=O) groups excluding carboxylic acids is 2. The minimum Gasteiger partial charge on any atom is -0.493 e. The molecule has 4 aliphatic heterocycles. The molecule has 3 aromatic rings. The lowest BCUT2D eigenvalue weighted by Gasteiger charge is -2.59. The van der Waals surface area contributed by atoms with E-state index in [1.165, 1.54) is 0 Å². The van der Waals surface area contributed by atoms with Crippen molar-refractivity contribution >= 4 is 23.5 Å². The van der Waals surface area contributed by atoms with Gasteiger partial charge in [0.2, 0.25) is 6.79 Å². The Kier molecular flexibility index (Phi) is 10.7. The van der Waals surface area contributed by atoms with Gasteiger partial charge in [0.05, 0.1) is 31.7 Å². The number of nitrogens with zero attached hydrogens (tertiary/aromatic N) is 3. The van der Waals surface area contributed by atoms with E-state index in [1.807, 2.05) is 51.2 Å². The predicted molar refractivity (Wildman–Crippen MR) is 194 cm³/mol. The first-order valence-corrected chi connectivity index (χ1v) is 18.4. The minimum atomic E-state index is -0.647. The molecule has 1 saturated heterocycles. The van der Waals surface area contributed by atoms with Crippen molar-refractivity contribution in [1.82, 2.24) is 9.80 Å². The Balaban J connectivity index is 1.38. The maximum Gasteiger partial charge on any atom is 0.312 e. The molecule has 0 radical (unpaired) electrons. The molecule has 53 heavy (non-hydrogen) atoms.